The zero-order valence-electron chi connectivity index (χ0n) is 12.9. The average Bonchev–Trinajstić information content (AvgIpc) is 3.00. The van der Waals surface area contributed by atoms with Crippen LogP contribution in [0.2, 0.25) is 0 Å². The van der Waals surface area contributed by atoms with E-state index < -0.39 is 5.97 Å². The third-order valence-corrected chi connectivity index (χ3v) is 4.31. The van der Waals surface area contributed by atoms with E-state index in [1.807, 2.05) is 38.4 Å². The molecular weight excluding hydrogens is 308 g/mol. The first-order valence-electron chi connectivity index (χ1n) is 6.90. The topological polar surface area (TPSA) is 64.3 Å². The maximum atomic E-state index is 10.8. The summed E-state index contributed by atoms with van der Waals surface area (Å²) in [7, 11) is 4.02. The van der Waals surface area contributed by atoms with Gasteiger partial charge in [-0.05, 0) is 35.4 Å². The van der Waals surface area contributed by atoms with E-state index in [2.05, 4.69) is 17.0 Å². The van der Waals surface area contributed by atoms with E-state index in [9.17, 15) is 4.79 Å². The average molecular weight is 324 g/mol. The van der Waals surface area contributed by atoms with Gasteiger partial charge in [0, 0.05) is 19.0 Å². The van der Waals surface area contributed by atoms with Gasteiger partial charge >= 0.3 is 5.97 Å². The highest BCUT2D eigenvalue weighted by molar-refractivity contribution is 7.16. The SMILES string of the molecule is CN(C)c1ccc(/C=C/c2ccc(C=C(C#N)C(=O)O)cc2)s1. The Morgan fingerprint density at radius 3 is 2.30 bits per heavy atom. The second kappa shape index (κ2) is 7.43. The molecule has 0 radical (unpaired) electrons. The lowest BCUT2D eigenvalue weighted by Crippen LogP contribution is -2.05. The van der Waals surface area contributed by atoms with Crippen molar-refractivity contribution in [3.05, 3.63) is 58.0 Å². The van der Waals surface area contributed by atoms with Gasteiger partial charge in [-0.2, -0.15) is 5.26 Å². The molecule has 1 heterocycles. The number of carbonyl (C=O) groups is 1. The summed E-state index contributed by atoms with van der Waals surface area (Å²) >= 11 is 1.71. The normalized spacial score (nSPS) is 11.4. The van der Waals surface area contributed by atoms with Crippen LogP contribution >= 0.6 is 11.3 Å². The van der Waals surface area contributed by atoms with E-state index in [0.717, 1.165) is 10.4 Å². The zero-order chi connectivity index (χ0) is 16.8. The maximum Gasteiger partial charge on any atom is 0.346 e. The standard InChI is InChI=1S/C18H16N2O2S/c1-20(2)17-10-9-16(23-17)8-7-13-3-5-14(6-4-13)11-15(12-19)18(21)22/h3-11H,1-2H3,(H,21,22)/b8-7+,15-11?. The number of carboxylic acid groups (broad SMARTS) is 1. The molecule has 4 nitrogen and oxygen atoms in total. The Balaban J connectivity index is 2.12. The summed E-state index contributed by atoms with van der Waals surface area (Å²) in [5.41, 5.74) is 1.42. The van der Waals surface area contributed by atoms with E-state index in [1.54, 1.807) is 29.5 Å². The van der Waals surface area contributed by atoms with E-state index in [-0.39, 0.29) is 5.57 Å². The van der Waals surface area contributed by atoms with Gasteiger partial charge in [-0.3, -0.25) is 0 Å². The molecule has 1 N–H and O–H groups in total. The van der Waals surface area contributed by atoms with Gasteiger partial charge in [-0.15, -0.1) is 11.3 Å². The molecule has 2 rings (SSSR count). The number of benzene rings is 1. The molecule has 1 aromatic heterocycles. The number of hydrogen-bond donors (Lipinski definition) is 1. The van der Waals surface area contributed by atoms with E-state index in [4.69, 9.17) is 10.4 Å². The van der Waals surface area contributed by atoms with Crippen LogP contribution in [-0.4, -0.2) is 25.2 Å². The first kappa shape index (κ1) is 16.5. The van der Waals surface area contributed by atoms with Crippen LogP contribution in [0, 0.1) is 11.3 Å². The minimum atomic E-state index is -1.22. The van der Waals surface area contributed by atoms with E-state index in [0.29, 0.717) is 5.56 Å². The molecule has 0 bridgehead atoms. The predicted octanol–water partition coefficient (Wildman–Crippen LogP) is 3.98. The predicted molar refractivity (Wildman–Crippen MR) is 95.2 cm³/mol. The Hall–Kier alpha value is -2.84. The van der Waals surface area contributed by atoms with E-state index in [1.165, 1.54) is 11.1 Å². The molecule has 0 saturated heterocycles. The van der Waals surface area contributed by atoms with Crippen LogP contribution in [0.25, 0.3) is 18.2 Å². The van der Waals surface area contributed by atoms with Crippen LogP contribution < -0.4 is 4.90 Å². The molecule has 0 amide bonds. The van der Waals surface area contributed by atoms with Gasteiger partial charge in [0.15, 0.2) is 0 Å². The van der Waals surface area contributed by atoms with Gasteiger partial charge in [-0.25, -0.2) is 4.79 Å². The molecule has 0 aliphatic heterocycles. The number of nitrogens with zero attached hydrogens (tertiary/aromatic N) is 2. The summed E-state index contributed by atoms with van der Waals surface area (Å²) in [6.07, 6.45) is 5.40. The fraction of sp³-hybridized carbons (Fsp3) is 0.111. The second-order valence-corrected chi connectivity index (χ2v) is 6.14. The molecule has 0 saturated carbocycles. The van der Waals surface area contributed by atoms with Gasteiger partial charge in [0.2, 0.25) is 0 Å². The Morgan fingerprint density at radius 2 is 1.78 bits per heavy atom. The first-order valence-corrected chi connectivity index (χ1v) is 7.71. The molecular formula is C18H16N2O2S. The molecule has 0 unspecified atom stereocenters. The van der Waals surface area contributed by atoms with Gasteiger partial charge in [0.05, 0.1) is 5.00 Å². The monoisotopic (exact) mass is 324 g/mol. The van der Waals surface area contributed by atoms with Crippen molar-refractivity contribution in [1.29, 1.82) is 5.26 Å². The number of thiophene rings is 1. The summed E-state index contributed by atoms with van der Waals surface area (Å²) in [6.45, 7) is 0. The van der Waals surface area contributed by atoms with Crippen molar-refractivity contribution < 1.29 is 9.90 Å². The van der Waals surface area contributed by atoms with Crippen LogP contribution in [-0.2, 0) is 4.79 Å². The molecule has 2 aromatic rings. The second-order valence-electron chi connectivity index (χ2n) is 5.05. The molecule has 0 atom stereocenters. The largest absolute Gasteiger partial charge is 0.477 e. The molecule has 1 aromatic carbocycles. The quantitative estimate of drug-likeness (QED) is 0.667. The lowest BCUT2D eigenvalue weighted by molar-refractivity contribution is -0.132. The third-order valence-electron chi connectivity index (χ3n) is 3.09. The van der Waals surface area contributed by atoms with Crippen molar-refractivity contribution in [2.24, 2.45) is 0 Å². The van der Waals surface area contributed by atoms with E-state index >= 15 is 0 Å². The van der Waals surface area contributed by atoms with Crippen LogP contribution in [0.4, 0.5) is 5.00 Å². The summed E-state index contributed by atoms with van der Waals surface area (Å²) in [4.78, 5) is 14.0. The highest BCUT2D eigenvalue weighted by atomic mass is 32.1. The number of anilines is 1. The van der Waals surface area contributed by atoms with Gasteiger partial charge < -0.3 is 10.0 Å². The van der Waals surface area contributed by atoms with Gasteiger partial charge in [-0.1, -0.05) is 30.3 Å². The Morgan fingerprint density at radius 1 is 1.13 bits per heavy atom. The summed E-state index contributed by atoms with van der Waals surface area (Å²) in [5.74, 6) is -1.22. The fourth-order valence-electron chi connectivity index (χ4n) is 1.86. The van der Waals surface area contributed by atoms with Crippen molar-refractivity contribution in [2.75, 3.05) is 19.0 Å². The van der Waals surface area contributed by atoms with Gasteiger partial charge in [0.25, 0.3) is 0 Å². The smallest absolute Gasteiger partial charge is 0.346 e. The Kier molecular flexibility index (Phi) is 5.34. The highest BCUT2D eigenvalue weighted by Crippen LogP contribution is 2.25. The molecule has 116 valence electrons. The number of aliphatic carboxylic acids is 1. The number of rotatable bonds is 5. The lowest BCUT2D eigenvalue weighted by atomic mass is 10.1. The molecule has 5 heteroatoms. The Labute approximate surface area is 139 Å². The number of carboxylic acids is 1. The van der Waals surface area contributed by atoms with Crippen molar-refractivity contribution in [3.63, 3.8) is 0 Å². The minimum Gasteiger partial charge on any atom is -0.477 e. The van der Waals surface area contributed by atoms with Crippen molar-refractivity contribution >= 4 is 40.5 Å². The van der Waals surface area contributed by atoms with Gasteiger partial charge in [0.1, 0.15) is 11.6 Å². The van der Waals surface area contributed by atoms with Crippen LogP contribution in [0.1, 0.15) is 16.0 Å². The number of nitriles is 1. The van der Waals surface area contributed by atoms with Crippen molar-refractivity contribution in [3.8, 4) is 6.07 Å². The fourth-order valence-corrected chi connectivity index (χ4v) is 2.69. The van der Waals surface area contributed by atoms with Crippen LogP contribution in [0.15, 0.2) is 42.0 Å². The summed E-state index contributed by atoms with van der Waals surface area (Å²) in [6, 6.07) is 13.2. The van der Waals surface area contributed by atoms with Crippen molar-refractivity contribution in [2.45, 2.75) is 0 Å². The molecule has 23 heavy (non-hydrogen) atoms. The molecule has 0 fully saturated rings. The molecule has 0 aliphatic carbocycles. The summed E-state index contributed by atoms with van der Waals surface area (Å²) in [5, 5.41) is 18.8. The molecule has 0 aliphatic rings. The maximum absolute atomic E-state index is 10.8. The third kappa shape index (κ3) is 4.56. The zero-order valence-corrected chi connectivity index (χ0v) is 13.7. The first-order chi connectivity index (χ1) is 11.0. The van der Waals surface area contributed by atoms with Crippen molar-refractivity contribution in [1.82, 2.24) is 0 Å². The highest BCUT2D eigenvalue weighted by Gasteiger charge is 2.05. The lowest BCUT2D eigenvalue weighted by Gasteiger charge is -2.06. The summed E-state index contributed by atoms with van der Waals surface area (Å²) < 4.78 is 0. The Bertz CT molecular complexity index is 793. The molecule has 0 spiro atoms. The van der Waals surface area contributed by atoms with Crippen LogP contribution in [0.5, 0.6) is 0 Å². The van der Waals surface area contributed by atoms with Crippen LogP contribution in [0.3, 0.4) is 0 Å². The number of hydrogen-bond acceptors (Lipinski definition) is 4. The minimum absolute atomic E-state index is 0.275.